The van der Waals surface area contributed by atoms with Gasteiger partial charge in [0, 0.05) is 24.6 Å². The molecular weight excluding hydrogens is 236 g/mol. The summed E-state index contributed by atoms with van der Waals surface area (Å²) in [6.07, 6.45) is 0.730. The minimum Gasteiger partial charge on any atom is -0.505 e. The third-order valence-electron chi connectivity index (χ3n) is 2.79. The van der Waals surface area contributed by atoms with Gasteiger partial charge >= 0.3 is 0 Å². The summed E-state index contributed by atoms with van der Waals surface area (Å²) < 4.78 is 0. The van der Waals surface area contributed by atoms with Gasteiger partial charge in [-0.2, -0.15) is 0 Å². The SMILES string of the molecule is CCC(C)c1cc([N+](=O)[O-])cc(NC(C)=O)c1O. The van der Waals surface area contributed by atoms with Gasteiger partial charge < -0.3 is 10.4 Å². The van der Waals surface area contributed by atoms with E-state index in [0.717, 1.165) is 12.5 Å². The van der Waals surface area contributed by atoms with Crippen LogP contribution in [-0.4, -0.2) is 15.9 Å². The molecule has 0 aromatic heterocycles. The Kier molecular flexibility index (Phi) is 4.25. The van der Waals surface area contributed by atoms with Crippen molar-refractivity contribution < 1.29 is 14.8 Å². The topological polar surface area (TPSA) is 92.5 Å². The minimum absolute atomic E-state index is 0.0302. The van der Waals surface area contributed by atoms with Gasteiger partial charge in [-0.25, -0.2) is 0 Å². The van der Waals surface area contributed by atoms with E-state index in [4.69, 9.17) is 0 Å². The molecule has 0 aliphatic heterocycles. The number of phenols is 1. The lowest BCUT2D eigenvalue weighted by molar-refractivity contribution is -0.384. The Bertz CT molecular complexity index is 485. The molecule has 1 aromatic rings. The number of non-ortho nitro benzene ring substituents is 1. The smallest absolute Gasteiger partial charge is 0.272 e. The zero-order chi connectivity index (χ0) is 13.9. The van der Waals surface area contributed by atoms with Crippen molar-refractivity contribution in [2.24, 2.45) is 0 Å². The van der Waals surface area contributed by atoms with E-state index in [9.17, 15) is 20.0 Å². The average molecular weight is 252 g/mol. The van der Waals surface area contributed by atoms with Crippen LogP contribution in [0.15, 0.2) is 12.1 Å². The van der Waals surface area contributed by atoms with Crippen LogP contribution >= 0.6 is 0 Å². The van der Waals surface area contributed by atoms with Gasteiger partial charge in [0.1, 0.15) is 5.75 Å². The molecule has 0 spiro atoms. The lowest BCUT2D eigenvalue weighted by atomic mass is 9.96. The third kappa shape index (κ3) is 2.97. The quantitative estimate of drug-likeness (QED) is 0.489. The molecule has 0 saturated carbocycles. The summed E-state index contributed by atoms with van der Waals surface area (Å²) in [6, 6.07) is 2.50. The molecule has 0 heterocycles. The molecule has 6 nitrogen and oxygen atoms in total. The summed E-state index contributed by atoms with van der Waals surface area (Å²) in [5.41, 5.74) is 0.398. The van der Waals surface area contributed by atoms with Crippen molar-refractivity contribution in [1.29, 1.82) is 0 Å². The van der Waals surface area contributed by atoms with Crippen molar-refractivity contribution in [1.82, 2.24) is 0 Å². The summed E-state index contributed by atoms with van der Waals surface area (Å²) in [5, 5.41) is 23.2. The molecule has 1 rings (SSSR count). The summed E-state index contributed by atoms with van der Waals surface area (Å²) in [6.45, 7) is 5.05. The van der Waals surface area contributed by atoms with Gasteiger partial charge in [0.25, 0.3) is 5.69 Å². The van der Waals surface area contributed by atoms with Crippen LogP contribution in [0.5, 0.6) is 5.75 Å². The molecular formula is C12H16N2O4. The first-order valence-electron chi connectivity index (χ1n) is 5.65. The number of amides is 1. The van der Waals surface area contributed by atoms with Crippen LogP contribution < -0.4 is 5.32 Å². The van der Waals surface area contributed by atoms with Crippen LogP contribution in [0.2, 0.25) is 0 Å². The number of rotatable bonds is 4. The van der Waals surface area contributed by atoms with E-state index in [1.807, 2.05) is 13.8 Å². The van der Waals surface area contributed by atoms with Crippen LogP contribution in [0.1, 0.15) is 38.7 Å². The monoisotopic (exact) mass is 252 g/mol. The van der Waals surface area contributed by atoms with Gasteiger partial charge in [0.2, 0.25) is 5.91 Å². The van der Waals surface area contributed by atoms with Gasteiger partial charge in [-0.15, -0.1) is 0 Å². The number of nitro groups is 1. The molecule has 0 saturated heterocycles. The minimum atomic E-state index is -0.545. The highest BCUT2D eigenvalue weighted by Gasteiger charge is 2.19. The van der Waals surface area contributed by atoms with Gasteiger partial charge in [-0.3, -0.25) is 14.9 Å². The summed E-state index contributed by atoms with van der Waals surface area (Å²) >= 11 is 0. The van der Waals surface area contributed by atoms with Crippen molar-refractivity contribution in [3.05, 3.63) is 27.8 Å². The molecule has 0 aliphatic rings. The maximum Gasteiger partial charge on any atom is 0.272 e. The van der Waals surface area contributed by atoms with Crippen LogP contribution in [0, 0.1) is 10.1 Å². The Morgan fingerprint density at radius 2 is 2.17 bits per heavy atom. The first-order chi connectivity index (χ1) is 8.36. The van der Waals surface area contributed by atoms with Crippen LogP contribution in [0.25, 0.3) is 0 Å². The van der Waals surface area contributed by atoms with Crippen LogP contribution in [-0.2, 0) is 4.79 Å². The van der Waals surface area contributed by atoms with Gasteiger partial charge in [-0.05, 0) is 12.3 Å². The summed E-state index contributed by atoms with van der Waals surface area (Å²) in [4.78, 5) is 21.3. The molecule has 2 N–H and O–H groups in total. The molecule has 0 radical (unpaired) electrons. The number of carbonyl (C=O) groups excluding carboxylic acids is 1. The second-order valence-corrected chi connectivity index (χ2v) is 4.18. The number of aromatic hydroxyl groups is 1. The van der Waals surface area contributed by atoms with Crippen molar-refractivity contribution >= 4 is 17.3 Å². The second kappa shape index (κ2) is 5.48. The highest BCUT2D eigenvalue weighted by atomic mass is 16.6. The predicted molar refractivity (Wildman–Crippen MR) is 67.8 cm³/mol. The molecule has 0 aliphatic carbocycles. The average Bonchev–Trinajstić information content (AvgIpc) is 2.29. The fourth-order valence-electron chi connectivity index (χ4n) is 1.63. The van der Waals surface area contributed by atoms with Crippen molar-refractivity contribution in [2.75, 3.05) is 5.32 Å². The first kappa shape index (κ1) is 14.0. The van der Waals surface area contributed by atoms with Gasteiger partial charge in [0.15, 0.2) is 0 Å². The van der Waals surface area contributed by atoms with E-state index in [1.54, 1.807) is 0 Å². The molecule has 0 fully saturated rings. The Hall–Kier alpha value is -2.11. The lowest BCUT2D eigenvalue weighted by Gasteiger charge is -2.14. The van der Waals surface area contributed by atoms with E-state index in [-0.39, 0.29) is 28.9 Å². The number of hydrogen-bond acceptors (Lipinski definition) is 4. The maximum atomic E-state index is 11.0. The standard InChI is InChI=1S/C12H16N2O4/c1-4-7(2)10-5-9(14(17)18)6-11(12(10)16)13-8(3)15/h5-7,16H,4H2,1-3H3,(H,13,15). The van der Waals surface area contributed by atoms with E-state index in [0.29, 0.717) is 5.56 Å². The van der Waals surface area contributed by atoms with Gasteiger partial charge in [-0.1, -0.05) is 13.8 Å². The molecule has 1 amide bonds. The predicted octanol–water partition coefficient (Wildman–Crippen LogP) is 2.77. The lowest BCUT2D eigenvalue weighted by Crippen LogP contribution is -2.08. The normalized spacial score (nSPS) is 11.9. The van der Waals surface area contributed by atoms with Crippen molar-refractivity contribution in [3.63, 3.8) is 0 Å². The molecule has 98 valence electrons. The highest BCUT2D eigenvalue weighted by molar-refractivity contribution is 5.91. The van der Waals surface area contributed by atoms with Crippen molar-refractivity contribution in [3.8, 4) is 5.75 Å². The van der Waals surface area contributed by atoms with E-state index in [2.05, 4.69) is 5.32 Å². The van der Waals surface area contributed by atoms with Gasteiger partial charge in [0.05, 0.1) is 10.6 Å². The summed E-state index contributed by atoms with van der Waals surface area (Å²) in [7, 11) is 0. The first-order valence-corrected chi connectivity index (χ1v) is 5.65. The summed E-state index contributed by atoms with van der Waals surface area (Å²) in [5.74, 6) is -0.525. The molecule has 1 atom stereocenters. The zero-order valence-electron chi connectivity index (χ0n) is 10.6. The highest BCUT2D eigenvalue weighted by Crippen LogP contribution is 2.37. The third-order valence-corrected chi connectivity index (χ3v) is 2.79. The Labute approximate surface area is 105 Å². The molecule has 1 aromatic carbocycles. The van der Waals surface area contributed by atoms with E-state index < -0.39 is 4.92 Å². The van der Waals surface area contributed by atoms with Crippen LogP contribution in [0.3, 0.4) is 0 Å². The van der Waals surface area contributed by atoms with E-state index in [1.165, 1.54) is 13.0 Å². The Morgan fingerprint density at radius 3 is 2.61 bits per heavy atom. The number of nitro benzene ring substituents is 1. The fraction of sp³-hybridized carbons (Fsp3) is 0.417. The van der Waals surface area contributed by atoms with Crippen molar-refractivity contribution in [2.45, 2.75) is 33.1 Å². The zero-order valence-corrected chi connectivity index (χ0v) is 10.6. The number of benzene rings is 1. The number of nitrogens with one attached hydrogen (secondary N) is 1. The second-order valence-electron chi connectivity index (χ2n) is 4.18. The number of phenolic OH excluding ortho intramolecular Hbond substituents is 1. The molecule has 6 heteroatoms. The number of anilines is 1. The van der Waals surface area contributed by atoms with E-state index >= 15 is 0 Å². The molecule has 0 bridgehead atoms. The Morgan fingerprint density at radius 1 is 1.56 bits per heavy atom. The van der Waals surface area contributed by atoms with Crippen LogP contribution in [0.4, 0.5) is 11.4 Å². The number of nitrogens with zero attached hydrogens (tertiary/aromatic N) is 1. The maximum absolute atomic E-state index is 11.0. The molecule has 18 heavy (non-hydrogen) atoms. The molecule has 1 unspecified atom stereocenters. The largest absolute Gasteiger partial charge is 0.505 e. The fourth-order valence-corrected chi connectivity index (χ4v) is 1.63. The Balaban J connectivity index is 3.37. The number of carbonyl (C=O) groups is 1. The number of hydrogen-bond donors (Lipinski definition) is 2.